The first kappa shape index (κ1) is 18.5. The Kier molecular flexibility index (Phi) is 5.30. The van der Waals surface area contributed by atoms with Crippen LogP contribution in [0.15, 0.2) is 53.2 Å². The molecule has 0 bridgehead atoms. The molecule has 0 radical (unpaired) electrons. The lowest BCUT2D eigenvalue weighted by Gasteiger charge is -2.36. The molecule has 1 aliphatic heterocycles. The quantitative estimate of drug-likeness (QED) is 0.674. The highest BCUT2D eigenvalue weighted by Crippen LogP contribution is 2.23. The van der Waals surface area contributed by atoms with Crippen LogP contribution in [0.3, 0.4) is 0 Å². The van der Waals surface area contributed by atoms with Gasteiger partial charge in [0.15, 0.2) is 0 Å². The van der Waals surface area contributed by atoms with Gasteiger partial charge < -0.3 is 14.2 Å². The first-order valence-corrected chi connectivity index (χ1v) is 9.63. The number of amides is 1. The first-order valence-electron chi connectivity index (χ1n) is 9.25. The molecule has 0 aliphatic carbocycles. The Morgan fingerprint density at radius 2 is 2.00 bits per heavy atom. The van der Waals surface area contributed by atoms with E-state index in [4.69, 9.17) is 16.0 Å². The number of carbonyl (C=O) groups is 1. The van der Waals surface area contributed by atoms with Crippen molar-refractivity contribution in [3.05, 3.63) is 65.3 Å². The number of benzene rings is 1. The van der Waals surface area contributed by atoms with Crippen LogP contribution in [0, 0.1) is 6.92 Å². The third-order valence-electron chi connectivity index (χ3n) is 4.93. The Bertz CT molecular complexity index is 966. The van der Waals surface area contributed by atoms with Crippen molar-refractivity contribution in [1.29, 1.82) is 0 Å². The number of aryl methyl sites for hydroxylation is 1. The molecule has 3 aromatic rings. The number of hydrogen-bond donors (Lipinski definition) is 0. The molecule has 0 atom stereocenters. The molecule has 0 unspecified atom stereocenters. The minimum Gasteiger partial charge on any atom is -0.441 e. The Hall–Kier alpha value is -2.86. The molecule has 1 aromatic carbocycles. The number of oxazole rings is 1. The predicted octanol–water partition coefficient (Wildman–Crippen LogP) is 3.59. The molecule has 1 amide bonds. The summed E-state index contributed by atoms with van der Waals surface area (Å²) in [5, 5.41) is 0.724. The number of anilines is 1. The maximum atomic E-state index is 12.8. The maximum absolute atomic E-state index is 12.8. The van der Waals surface area contributed by atoms with E-state index in [-0.39, 0.29) is 12.3 Å². The fraction of sp³-hybridized carbons (Fsp3) is 0.286. The minimum atomic E-state index is 0.0693. The molecular weight excluding hydrogens is 376 g/mol. The van der Waals surface area contributed by atoms with E-state index in [1.165, 1.54) is 0 Å². The number of aromatic nitrogens is 2. The summed E-state index contributed by atoms with van der Waals surface area (Å²) in [5.74, 6) is 1.24. The van der Waals surface area contributed by atoms with Crippen molar-refractivity contribution >= 4 is 23.2 Å². The smallest absolute Gasteiger partial charge is 0.228 e. The number of rotatable bonds is 4. The average Bonchev–Trinajstić information content (AvgIpc) is 3.09. The second-order valence-corrected chi connectivity index (χ2v) is 7.22. The summed E-state index contributed by atoms with van der Waals surface area (Å²) >= 11 is 6.08. The molecule has 0 N–H and O–H groups in total. The van der Waals surface area contributed by atoms with Crippen LogP contribution in [-0.4, -0.2) is 47.0 Å². The van der Waals surface area contributed by atoms with E-state index < -0.39 is 0 Å². The number of piperazine rings is 1. The van der Waals surface area contributed by atoms with Crippen LogP contribution in [0.2, 0.25) is 5.02 Å². The van der Waals surface area contributed by atoms with Crippen molar-refractivity contribution < 1.29 is 9.21 Å². The van der Waals surface area contributed by atoms with E-state index in [9.17, 15) is 4.79 Å². The molecule has 1 aliphatic rings. The van der Waals surface area contributed by atoms with Gasteiger partial charge in [-0.2, -0.15) is 0 Å². The van der Waals surface area contributed by atoms with Crippen LogP contribution in [0.5, 0.6) is 0 Å². The molecule has 0 spiro atoms. The SMILES string of the molecule is Cc1oc(-c2cccnc2)nc1CC(=O)N1CCN(c2cccc(Cl)c2)CC1. The highest BCUT2D eigenvalue weighted by molar-refractivity contribution is 6.30. The van der Waals surface area contributed by atoms with E-state index in [0.29, 0.717) is 30.4 Å². The Labute approximate surface area is 168 Å². The van der Waals surface area contributed by atoms with Gasteiger partial charge in [-0.3, -0.25) is 9.78 Å². The highest BCUT2D eigenvalue weighted by atomic mass is 35.5. The second kappa shape index (κ2) is 8.02. The Morgan fingerprint density at radius 1 is 1.18 bits per heavy atom. The van der Waals surface area contributed by atoms with Gasteiger partial charge in [0, 0.05) is 49.3 Å². The van der Waals surface area contributed by atoms with Gasteiger partial charge in [0.05, 0.1) is 17.7 Å². The van der Waals surface area contributed by atoms with Crippen LogP contribution >= 0.6 is 11.6 Å². The van der Waals surface area contributed by atoms with E-state index in [1.807, 2.05) is 48.2 Å². The van der Waals surface area contributed by atoms with Crippen molar-refractivity contribution in [3.8, 4) is 11.5 Å². The van der Waals surface area contributed by atoms with Crippen LogP contribution in [0.1, 0.15) is 11.5 Å². The summed E-state index contributed by atoms with van der Waals surface area (Å²) in [6, 6.07) is 11.5. The van der Waals surface area contributed by atoms with Crippen LogP contribution in [-0.2, 0) is 11.2 Å². The molecule has 0 saturated carbocycles. The summed E-state index contributed by atoms with van der Waals surface area (Å²) in [4.78, 5) is 25.5. The normalized spacial score (nSPS) is 14.4. The van der Waals surface area contributed by atoms with E-state index in [0.717, 1.165) is 29.4 Å². The topological polar surface area (TPSA) is 62.5 Å². The van der Waals surface area contributed by atoms with Gasteiger partial charge in [-0.25, -0.2) is 4.98 Å². The van der Waals surface area contributed by atoms with Gasteiger partial charge in [0.1, 0.15) is 5.76 Å². The van der Waals surface area contributed by atoms with Gasteiger partial charge in [-0.1, -0.05) is 17.7 Å². The van der Waals surface area contributed by atoms with Gasteiger partial charge in [-0.15, -0.1) is 0 Å². The molecule has 144 valence electrons. The van der Waals surface area contributed by atoms with Crippen molar-refractivity contribution in [3.63, 3.8) is 0 Å². The molecule has 28 heavy (non-hydrogen) atoms. The molecule has 2 aromatic heterocycles. The lowest BCUT2D eigenvalue weighted by molar-refractivity contribution is -0.130. The summed E-state index contributed by atoms with van der Waals surface area (Å²) in [5.41, 5.74) is 2.58. The third-order valence-corrected chi connectivity index (χ3v) is 5.16. The van der Waals surface area contributed by atoms with Crippen LogP contribution < -0.4 is 4.90 Å². The largest absolute Gasteiger partial charge is 0.441 e. The molecule has 1 saturated heterocycles. The summed E-state index contributed by atoms with van der Waals surface area (Å²) < 4.78 is 5.73. The van der Waals surface area contributed by atoms with Gasteiger partial charge in [0.2, 0.25) is 11.8 Å². The first-order chi connectivity index (χ1) is 13.6. The van der Waals surface area contributed by atoms with Crippen molar-refractivity contribution in [1.82, 2.24) is 14.9 Å². The van der Waals surface area contributed by atoms with Crippen molar-refractivity contribution in [2.45, 2.75) is 13.3 Å². The summed E-state index contributed by atoms with van der Waals surface area (Å²) in [6.45, 7) is 4.76. The maximum Gasteiger partial charge on any atom is 0.228 e. The molecule has 1 fully saturated rings. The zero-order chi connectivity index (χ0) is 19.5. The molecule has 7 heteroatoms. The van der Waals surface area contributed by atoms with E-state index in [1.54, 1.807) is 12.4 Å². The Balaban J connectivity index is 1.38. The number of hydrogen-bond acceptors (Lipinski definition) is 5. The van der Waals surface area contributed by atoms with Crippen molar-refractivity contribution in [2.24, 2.45) is 0 Å². The minimum absolute atomic E-state index is 0.0693. The van der Waals surface area contributed by atoms with Crippen LogP contribution in [0.4, 0.5) is 5.69 Å². The summed E-state index contributed by atoms with van der Waals surface area (Å²) in [6.07, 6.45) is 3.64. The van der Waals surface area contributed by atoms with Crippen molar-refractivity contribution in [2.75, 3.05) is 31.1 Å². The van der Waals surface area contributed by atoms with E-state index >= 15 is 0 Å². The molecule has 3 heterocycles. The van der Waals surface area contributed by atoms with Crippen LogP contribution in [0.25, 0.3) is 11.5 Å². The summed E-state index contributed by atoms with van der Waals surface area (Å²) in [7, 11) is 0. The lowest BCUT2D eigenvalue weighted by Crippen LogP contribution is -2.49. The predicted molar refractivity (Wildman–Crippen MR) is 108 cm³/mol. The second-order valence-electron chi connectivity index (χ2n) is 6.79. The fourth-order valence-corrected chi connectivity index (χ4v) is 3.53. The number of nitrogens with zero attached hydrogens (tertiary/aromatic N) is 4. The Morgan fingerprint density at radius 3 is 2.71 bits per heavy atom. The van der Waals surface area contributed by atoms with Gasteiger partial charge in [0.25, 0.3) is 0 Å². The lowest BCUT2D eigenvalue weighted by atomic mass is 10.2. The molecular formula is C21H21ClN4O2. The zero-order valence-electron chi connectivity index (χ0n) is 15.6. The number of halogens is 1. The van der Waals surface area contributed by atoms with Gasteiger partial charge >= 0.3 is 0 Å². The third kappa shape index (κ3) is 4.02. The monoisotopic (exact) mass is 396 g/mol. The van der Waals surface area contributed by atoms with E-state index in [2.05, 4.69) is 14.9 Å². The number of pyridine rings is 1. The zero-order valence-corrected chi connectivity index (χ0v) is 16.4. The fourth-order valence-electron chi connectivity index (χ4n) is 3.35. The number of carbonyl (C=O) groups excluding carboxylic acids is 1. The molecule has 4 rings (SSSR count). The standard InChI is InChI=1S/C21H21ClN4O2/c1-15-19(24-21(28-15)16-4-3-7-23-14-16)13-20(27)26-10-8-25(9-11-26)18-6-2-5-17(22)12-18/h2-7,12,14H,8-11,13H2,1H3. The molecule has 6 nitrogen and oxygen atoms in total. The highest BCUT2D eigenvalue weighted by Gasteiger charge is 2.23. The van der Waals surface area contributed by atoms with Gasteiger partial charge in [-0.05, 0) is 37.3 Å². The average molecular weight is 397 g/mol.